The third-order valence-electron chi connectivity index (χ3n) is 5.26. The lowest BCUT2D eigenvalue weighted by Crippen LogP contribution is -2.25. The van der Waals surface area contributed by atoms with E-state index in [-0.39, 0.29) is 22.5 Å². The van der Waals surface area contributed by atoms with E-state index in [2.05, 4.69) is 10.3 Å². The topological polar surface area (TPSA) is 82.5 Å². The molecule has 2 aliphatic heterocycles. The molecule has 35 heavy (non-hydrogen) atoms. The summed E-state index contributed by atoms with van der Waals surface area (Å²) in [5.41, 5.74) is -0.164. The largest absolute Gasteiger partial charge is 0.486 e. The number of anilines is 1. The summed E-state index contributed by atoms with van der Waals surface area (Å²) in [4.78, 5) is 30.8. The van der Waals surface area contributed by atoms with Crippen molar-refractivity contribution in [1.29, 1.82) is 0 Å². The Morgan fingerprint density at radius 1 is 1.14 bits per heavy atom. The highest BCUT2D eigenvalue weighted by atomic mass is 32.2. The fourth-order valence-electron chi connectivity index (χ4n) is 3.69. The number of carbonyl (C=O) groups is 1. The molecular formula is C23H18F3N3O4S2. The van der Waals surface area contributed by atoms with E-state index in [1.54, 1.807) is 18.2 Å². The van der Waals surface area contributed by atoms with Crippen molar-refractivity contribution in [2.24, 2.45) is 0 Å². The molecule has 182 valence electrons. The quantitative estimate of drug-likeness (QED) is 0.394. The second-order valence-electron chi connectivity index (χ2n) is 7.65. The van der Waals surface area contributed by atoms with Gasteiger partial charge in [-0.3, -0.25) is 14.2 Å². The first kappa shape index (κ1) is 23.6. The van der Waals surface area contributed by atoms with Gasteiger partial charge in [0, 0.05) is 23.9 Å². The average molecular weight is 522 g/mol. The van der Waals surface area contributed by atoms with Crippen LogP contribution in [-0.2, 0) is 17.4 Å². The molecule has 0 aliphatic carbocycles. The van der Waals surface area contributed by atoms with Crippen molar-refractivity contribution in [3.05, 3.63) is 64.1 Å². The number of hydrogen-bond donors (Lipinski definition) is 1. The second-order valence-corrected chi connectivity index (χ2v) is 9.70. The minimum atomic E-state index is -4.56. The predicted molar refractivity (Wildman–Crippen MR) is 126 cm³/mol. The number of fused-ring (bicyclic) bond motifs is 2. The Balaban J connectivity index is 1.40. The SMILES string of the molecule is O=C(CSc1nc2c(c(=O)n1-c1cccc(C(F)(F)F)c1)SCC2)Nc1ccc2c(c1)OCCO2. The number of aryl methyl sites for hydroxylation is 1. The molecule has 5 rings (SSSR count). The van der Waals surface area contributed by atoms with E-state index in [4.69, 9.17) is 9.47 Å². The van der Waals surface area contributed by atoms with Crippen LogP contribution in [0.4, 0.5) is 18.9 Å². The van der Waals surface area contributed by atoms with Gasteiger partial charge in [0.1, 0.15) is 13.2 Å². The number of ether oxygens (including phenoxy) is 2. The normalized spacial score (nSPS) is 14.5. The molecule has 1 aromatic heterocycles. The Morgan fingerprint density at radius 2 is 1.94 bits per heavy atom. The smallest absolute Gasteiger partial charge is 0.416 e. The molecule has 0 unspecified atom stereocenters. The van der Waals surface area contributed by atoms with Gasteiger partial charge < -0.3 is 14.8 Å². The lowest BCUT2D eigenvalue weighted by molar-refractivity contribution is -0.137. The highest BCUT2D eigenvalue weighted by Gasteiger charge is 2.31. The maximum absolute atomic E-state index is 13.3. The molecular weight excluding hydrogens is 503 g/mol. The number of halogens is 3. The summed E-state index contributed by atoms with van der Waals surface area (Å²) in [6, 6.07) is 9.55. The van der Waals surface area contributed by atoms with Gasteiger partial charge in [0.15, 0.2) is 16.7 Å². The first-order valence-electron chi connectivity index (χ1n) is 10.6. The molecule has 1 amide bonds. The van der Waals surface area contributed by atoms with Crippen molar-refractivity contribution in [2.45, 2.75) is 22.6 Å². The molecule has 2 aromatic carbocycles. The van der Waals surface area contributed by atoms with Crippen LogP contribution in [0, 0.1) is 0 Å². The number of thioether (sulfide) groups is 2. The van der Waals surface area contributed by atoms with Crippen LogP contribution in [0.15, 0.2) is 57.3 Å². The molecule has 0 bridgehead atoms. The molecule has 7 nitrogen and oxygen atoms in total. The van der Waals surface area contributed by atoms with Crippen LogP contribution >= 0.6 is 23.5 Å². The minimum Gasteiger partial charge on any atom is -0.486 e. The first-order chi connectivity index (χ1) is 16.8. The van der Waals surface area contributed by atoms with Crippen LogP contribution in [0.2, 0.25) is 0 Å². The molecule has 2 aliphatic rings. The summed E-state index contributed by atoms with van der Waals surface area (Å²) < 4.78 is 52.0. The van der Waals surface area contributed by atoms with Gasteiger partial charge in [-0.15, -0.1) is 11.8 Å². The standard InChI is InChI=1S/C23H18F3N3O4S2/c24-23(25,26)13-2-1-3-15(10-13)29-21(31)20-16(6-9-34-20)28-22(29)35-12-19(30)27-14-4-5-17-18(11-14)33-8-7-32-17/h1-5,10-11H,6-9,12H2,(H,27,30). The number of hydrogen-bond acceptors (Lipinski definition) is 7. The van der Waals surface area contributed by atoms with E-state index >= 15 is 0 Å². The number of rotatable bonds is 5. The Labute approximate surface area is 206 Å². The van der Waals surface area contributed by atoms with Crippen LogP contribution in [0.25, 0.3) is 5.69 Å². The number of aromatic nitrogens is 2. The molecule has 3 heterocycles. The van der Waals surface area contributed by atoms with Crippen molar-refractivity contribution in [1.82, 2.24) is 9.55 Å². The zero-order valence-electron chi connectivity index (χ0n) is 18.1. The molecule has 0 saturated heterocycles. The Morgan fingerprint density at radius 3 is 2.74 bits per heavy atom. The number of alkyl halides is 3. The van der Waals surface area contributed by atoms with E-state index in [0.29, 0.717) is 53.2 Å². The summed E-state index contributed by atoms with van der Waals surface area (Å²) >= 11 is 2.32. The summed E-state index contributed by atoms with van der Waals surface area (Å²) in [5.74, 6) is 1.31. The summed E-state index contributed by atoms with van der Waals surface area (Å²) in [6.07, 6.45) is -3.98. The third kappa shape index (κ3) is 4.98. The molecule has 12 heteroatoms. The molecule has 0 atom stereocenters. The zero-order chi connectivity index (χ0) is 24.6. The lowest BCUT2D eigenvalue weighted by atomic mass is 10.2. The van der Waals surface area contributed by atoms with Gasteiger partial charge in [0.05, 0.1) is 27.6 Å². The number of benzene rings is 2. The number of carbonyl (C=O) groups excluding carboxylic acids is 1. The molecule has 0 saturated carbocycles. The van der Waals surface area contributed by atoms with E-state index < -0.39 is 17.3 Å². The van der Waals surface area contributed by atoms with E-state index in [0.717, 1.165) is 28.5 Å². The van der Waals surface area contributed by atoms with Gasteiger partial charge in [-0.25, -0.2) is 4.98 Å². The molecule has 0 fully saturated rings. The maximum atomic E-state index is 13.3. The molecule has 0 radical (unpaired) electrons. The Kier molecular flexibility index (Phi) is 6.41. The van der Waals surface area contributed by atoms with Crippen LogP contribution < -0.4 is 20.3 Å². The van der Waals surface area contributed by atoms with E-state index in [9.17, 15) is 22.8 Å². The fourth-order valence-corrected chi connectivity index (χ4v) is 5.54. The highest BCUT2D eigenvalue weighted by Crippen LogP contribution is 2.34. The number of amides is 1. The lowest BCUT2D eigenvalue weighted by Gasteiger charge is -2.19. The average Bonchev–Trinajstić information content (AvgIpc) is 3.31. The third-order valence-corrected chi connectivity index (χ3v) is 7.30. The Hall–Kier alpha value is -3.12. The first-order valence-corrected chi connectivity index (χ1v) is 12.6. The number of nitrogens with one attached hydrogen (secondary N) is 1. The zero-order valence-corrected chi connectivity index (χ0v) is 19.7. The summed E-state index contributed by atoms with van der Waals surface area (Å²) in [5, 5.41) is 2.91. The van der Waals surface area contributed by atoms with Crippen LogP contribution in [0.5, 0.6) is 11.5 Å². The van der Waals surface area contributed by atoms with Gasteiger partial charge in [-0.05, 0) is 30.3 Å². The number of nitrogens with zero attached hydrogens (tertiary/aromatic N) is 2. The van der Waals surface area contributed by atoms with Crippen molar-refractivity contribution >= 4 is 35.1 Å². The van der Waals surface area contributed by atoms with Crippen molar-refractivity contribution < 1.29 is 27.4 Å². The van der Waals surface area contributed by atoms with Crippen molar-refractivity contribution in [3.8, 4) is 17.2 Å². The predicted octanol–water partition coefficient (Wildman–Crippen LogP) is 4.40. The van der Waals surface area contributed by atoms with Gasteiger partial charge in [-0.1, -0.05) is 17.8 Å². The summed E-state index contributed by atoms with van der Waals surface area (Å²) in [6.45, 7) is 0.866. The van der Waals surface area contributed by atoms with Gasteiger partial charge in [-0.2, -0.15) is 13.2 Å². The highest BCUT2D eigenvalue weighted by molar-refractivity contribution is 8.00. The van der Waals surface area contributed by atoms with Crippen LogP contribution in [0.3, 0.4) is 0 Å². The fraction of sp³-hybridized carbons (Fsp3) is 0.261. The molecule has 3 aromatic rings. The second kappa shape index (κ2) is 9.50. The monoisotopic (exact) mass is 521 g/mol. The maximum Gasteiger partial charge on any atom is 0.416 e. The molecule has 0 spiro atoms. The van der Waals surface area contributed by atoms with Crippen LogP contribution in [0.1, 0.15) is 11.3 Å². The summed E-state index contributed by atoms with van der Waals surface area (Å²) in [7, 11) is 0. The van der Waals surface area contributed by atoms with Crippen LogP contribution in [-0.4, -0.2) is 40.2 Å². The Bertz CT molecular complexity index is 1360. The van der Waals surface area contributed by atoms with Gasteiger partial charge in [0.25, 0.3) is 5.56 Å². The van der Waals surface area contributed by atoms with E-state index in [1.165, 1.54) is 23.9 Å². The minimum absolute atomic E-state index is 0.0439. The van der Waals surface area contributed by atoms with Gasteiger partial charge >= 0.3 is 6.18 Å². The van der Waals surface area contributed by atoms with E-state index in [1.807, 2.05) is 0 Å². The molecule has 1 N–H and O–H groups in total. The van der Waals surface area contributed by atoms with Crippen molar-refractivity contribution in [3.63, 3.8) is 0 Å². The van der Waals surface area contributed by atoms with Crippen molar-refractivity contribution in [2.75, 3.05) is 30.0 Å². The van der Waals surface area contributed by atoms with Gasteiger partial charge in [0.2, 0.25) is 5.91 Å².